The van der Waals surface area contributed by atoms with Crippen molar-refractivity contribution in [2.24, 2.45) is 0 Å². The minimum Gasteiger partial charge on any atom is -0.383 e. The summed E-state index contributed by atoms with van der Waals surface area (Å²) in [7, 11) is -2.09. The lowest BCUT2D eigenvalue weighted by Gasteiger charge is -2.05. The Morgan fingerprint density at radius 1 is 1.28 bits per heavy atom. The van der Waals surface area contributed by atoms with Crippen molar-refractivity contribution in [3.05, 3.63) is 28.7 Å². The Kier molecular flexibility index (Phi) is 3.50. The number of aromatic amines is 2. The average Bonchev–Trinajstić information content (AvgIpc) is 2.68. The zero-order valence-corrected chi connectivity index (χ0v) is 10.5. The van der Waals surface area contributed by atoms with Crippen LogP contribution in [0.15, 0.2) is 27.9 Å². The van der Waals surface area contributed by atoms with Crippen LogP contribution in [0, 0.1) is 0 Å². The zero-order chi connectivity index (χ0) is 13.2. The molecule has 0 bridgehead atoms. The number of hydrogen-bond acceptors (Lipinski definition) is 4. The molecule has 1 aromatic carbocycles. The van der Waals surface area contributed by atoms with E-state index in [1.807, 2.05) is 0 Å². The molecule has 98 valence electrons. The van der Waals surface area contributed by atoms with Gasteiger partial charge in [-0.2, -0.15) is 0 Å². The van der Waals surface area contributed by atoms with Gasteiger partial charge < -0.3 is 14.7 Å². The van der Waals surface area contributed by atoms with Crippen LogP contribution >= 0.6 is 0 Å². The molecule has 1 heterocycles. The number of H-pyrrole nitrogens is 2. The smallest absolute Gasteiger partial charge is 0.323 e. The van der Waals surface area contributed by atoms with Crippen LogP contribution in [0.2, 0.25) is 0 Å². The highest BCUT2D eigenvalue weighted by atomic mass is 32.2. The molecule has 0 saturated carbocycles. The Morgan fingerprint density at radius 3 is 2.72 bits per heavy atom. The molecule has 0 radical (unpaired) electrons. The molecule has 2 aromatic rings. The van der Waals surface area contributed by atoms with Crippen LogP contribution in [-0.4, -0.2) is 38.6 Å². The number of methoxy groups -OCH3 is 1. The van der Waals surface area contributed by atoms with E-state index in [4.69, 9.17) is 4.74 Å². The third-order valence-corrected chi connectivity index (χ3v) is 3.85. The fraction of sp³-hybridized carbons (Fsp3) is 0.300. The van der Waals surface area contributed by atoms with Gasteiger partial charge in [-0.05, 0) is 18.2 Å². The van der Waals surface area contributed by atoms with Crippen LogP contribution in [0.5, 0.6) is 0 Å². The molecule has 0 saturated heterocycles. The van der Waals surface area contributed by atoms with Crippen LogP contribution in [0.25, 0.3) is 11.0 Å². The van der Waals surface area contributed by atoms with Crippen molar-refractivity contribution in [1.82, 2.24) is 14.7 Å². The maximum atomic E-state index is 11.9. The van der Waals surface area contributed by atoms with Crippen LogP contribution in [0.3, 0.4) is 0 Å². The second kappa shape index (κ2) is 4.92. The third kappa shape index (κ3) is 2.61. The Bertz CT molecular complexity index is 701. The number of imidazole rings is 1. The van der Waals surface area contributed by atoms with E-state index < -0.39 is 10.0 Å². The van der Waals surface area contributed by atoms with E-state index in [0.29, 0.717) is 17.6 Å². The molecule has 0 atom stereocenters. The standard InChI is InChI=1S/C10H13N3O4S/c1-17-5-4-11-18(15,16)7-2-3-8-9(6-7)13-10(14)12-8/h2-3,6,11H,4-5H2,1H3,(H2,12,13,14). The highest BCUT2D eigenvalue weighted by molar-refractivity contribution is 7.89. The summed E-state index contributed by atoms with van der Waals surface area (Å²) in [5, 5.41) is 0. The Labute approximate surface area is 103 Å². The summed E-state index contributed by atoms with van der Waals surface area (Å²) in [6.07, 6.45) is 0. The Hall–Kier alpha value is -1.64. The van der Waals surface area contributed by atoms with E-state index in [2.05, 4.69) is 14.7 Å². The maximum Gasteiger partial charge on any atom is 0.323 e. The van der Waals surface area contributed by atoms with E-state index in [1.54, 1.807) is 0 Å². The molecule has 0 spiro atoms. The molecule has 0 fully saturated rings. The molecular weight excluding hydrogens is 258 g/mol. The molecule has 7 nitrogen and oxygen atoms in total. The lowest BCUT2D eigenvalue weighted by Crippen LogP contribution is -2.27. The van der Waals surface area contributed by atoms with Crippen LogP contribution in [-0.2, 0) is 14.8 Å². The molecule has 0 aliphatic heterocycles. The average molecular weight is 271 g/mol. The van der Waals surface area contributed by atoms with E-state index in [1.165, 1.54) is 25.3 Å². The summed E-state index contributed by atoms with van der Waals surface area (Å²) in [4.78, 5) is 16.2. The predicted octanol–water partition coefficient (Wildman–Crippen LogP) is -0.219. The van der Waals surface area contributed by atoms with Crippen LogP contribution in [0.1, 0.15) is 0 Å². The minimum atomic E-state index is -3.58. The van der Waals surface area contributed by atoms with E-state index >= 15 is 0 Å². The van der Waals surface area contributed by atoms with Crippen molar-refractivity contribution >= 4 is 21.1 Å². The first-order valence-corrected chi connectivity index (χ1v) is 6.72. The molecule has 1 aromatic heterocycles. The normalized spacial score (nSPS) is 12.1. The molecular formula is C10H13N3O4S. The highest BCUT2D eigenvalue weighted by Crippen LogP contribution is 2.14. The number of ether oxygens (including phenoxy) is 1. The van der Waals surface area contributed by atoms with E-state index in [0.717, 1.165) is 0 Å². The van der Waals surface area contributed by atoms with E-state index in [9.17, 15) is 13.2 Å². The Morgan fingerprint density at radius 2 is 2.00 bits per heavy atom. The van der Waals surface area contributed by atoms with Gasteiger partial charge in [-0.15, -0.1) is 0 Å². The van der Waals surface area contributed by atoms with Crippen LogP contribution < -0.4 is 10.4 Å². The largest absolute Gasteiger partial charge is 0.383 e. The number of nitrogens with one attached hydrogen (secondary N) is 3. The van der Waals surface area contributed by atoms with Crippen molar-refractivity contribution in [2.75, 3.05) is 20.3 Å². The molecule has 0 aliphatic rings. The summed E-state index contributed by atoms with van der Waals surface area (Å²) in [6, 6.07) is 4.38. The quantitative estimate of drug-likeness (QED) is 0.654. The van der Waals surface area contributed by atoms with Crippen molar-refractivity contribution in [3.8, 4) is 0 Å². The van der Waals surface area contributed by atoms with Crippen molar-refractivity contribution in [1.29, 1.82) is 0 Å². The molecule has 0 aliphatic carbocycles. The van der Waals surface area contributed by atoms with Crippen molar-refractivity contribution in [3.63, 3.8) is 0 Å². The first-order valence-electron chi connectivity index (χ1n) is 5.23. The molecule has 2 rings (SSSR count). The Balaban J connectivity index is 2.32. The minimum absolute atomic E-state index is 0.0985. The van der Waals surface area contributed by atoms with Gasteiger partial charge in [0.1, 0.15) is 0 Å². The van der Waals surface area contributed by atoms with Gasteiger partial charge in [0.25, 0.3) is 0 Å². The van der Waals surface area contributed by atoms with Gasteiger partial charge in [-0.25, -0.2) is 17.9 Å². The fourth-order valence-electron chi connectivity index (χ4n) is 1.54. The second-order valence-corrected chi connectivity index (χ2v) is 5.44. The van der Waals surface area contributed by atoms with Crippen molar-refractivity contribution < 1.29 is 13.2 Å². The maximum absolute atomic E-state index is 11.9. The SMILES string of the molecule is COCCNS(=O)(=O)c1ccc2[nH]c(=O)[nH]c2c1. The summed E-state index contributed by atoms with van der Waals surface area (Å²) >= 11 is 0. The highest BCUT2D eigenvalue weighted by Gasteiger charge is 2.14. The summed E-state index contributed by atoms with van der Waals surface area (Å²) in [6.45, 7) is 0.489. The summed E-state index contributed by atoms with van der Waals surface area (Å²) in [5.41, 5.74) is 0.650. The first kappa shape index (κ1) is 12.8. The molecule has 18 heavy (non-hydrogen) atoms. The molecule has 8 heteroatoms. The van der Waals surface area contributed by atoms with Gasteiger partial charge >= 0.3 is 5.69 Å². The molecule has 0 amide bonds. The number of fused-ring (bicyclic) bond motifs is 1. The lowest BCUT2D eigenvalue weighted by molar-refractivity contribution is 0.204. The number of aromatic nitrogens is 2. The number of rotatable bonds is 5. The number of sulfonamides is 1. The molecule has 0 unspecified atom stereocenters. The van der Waals surface area contributed by atoms with Crippen LogP contribution in [0.4, 0.5) is 0 Å². The predicted molar refractivity (Wildman–Crippen MR) is 66.0 cm³/mol. The summed E-state index contributed by atoms with van der Waals surface area (Å²) < 4.78 is 30.9. The van der Waals surface area contributed by atoms with Gasteiger partial charge in [-0.3, -0.25) is 0 Å². The monoisotopic (exact) mass is 271 g/mol. The van der Waals surface area contributed by atoms with Gasteiger partial charge in [0.15, 0.2) is 0 Å². The van der Waals surface area contributed by atoms with Gasteiger partial charge in [0, 0.05) is 13.7 Å². The van der Waals surface area contributed by atoms with Crippen molar-refractivity contribution in [2.45, 2.75) is 4.90 Å². The van der Waals surface area contributed by atoms with Gasteiger partial charge in [0.2, 0.25) is 10.0 Å². The topological polar surface area (TPSA) is 104 Å². The van der Waals surface area contributed by atoms with Gasteiger partial charge in [-0.1, -0.05) is 0 Å². The first-order chi connectivity index (χ1) is 8.53. The second-order valence-electron chi connectivity index (χ2n) is 3.68. The molecule has 3 N–H and O–H groups in total. The number of benzene rings is 1. The lowest BCUT2D eigenvalue weighted by atomic mass is 10.3. The zero-order valence-electron chi connectivity index (χ0n) is 9.69. The van der Waals surface area contributed by atoms with Gasteiger partial charge in [0.05, 0.1) is 22.5 Å². The summed E-state index contributed by atoms with van der Waals surface area (Å²) in [5.74, 6) is 0. The fourth-order valence-corrected chi connectivity index (χ4v) is 2.58. The third-order valence-electron chi connectivity index (χ3n) is 2.40. The van der Waals surface area contributed by atoms with E-state index in [-0.39, 0.29) is 17.1 Å². The number of hydrogen-bond donors (Lipinski definition) is 3.